The molecule has 0 fully saturated rings. The zero-order chi connectivity index (χ0) is 13.0. The van der Waals surface area contributed by atoms with Crippen LogP contribution in [0.1, 0.15) is 0 Å². The summed E-state index contributed by atoms with van der Waals surface area (Å²) >= 11 is 0. The number of hydrogen-bond acceptors (Lipinski definition) is 2. The number of urea groups is 1. The van der Waals surface area contributed by atoms with Crippen LogP contribution in [0.2, 0.25) is 0 Å². The van der Waals surface area contributed by atoms with Gasteiger partial charge in [0.05, 0.1) is 11.8 Å². The van der Waals surface area contributed by atoms with Crippen LogP contribution in [-0.4, -0.2) is 24.5 Å². The lowest BCUT2D eigenvalue weighted by Gasteiger charge is -2.15. The maximum atomic E-state index is 11.8. The van der Waals surface area contributed by atoms with Crippen LogP contribution in [0.25, 0.3) is 10.8 Å². The lowest BCUT2D eigenvalue weighted by atomic mass is 10.1. The summed E-state index contributed by atoms with van der Waals surface area (Å²) in [6, 6.07) is 15.2. The topological polar surface area (TPSA) is 56.1 Å². The third kappa shape index (κ3) is 2.41. The number of hydrogen-bond donors (Lipinski definition) is 1. The molecule has 4 heteroatoms. The zero-order valence-electron chi connectivity index (χ0n) is 10.1. The Bertz CT molecular complexity index is 610. The number of rotatable bonds is 2. The number of benzene rings is 2. The van der Waals surface area contributed by atoms with E-state index in [9.17, 15) is 4.79 Å². The molecule has 0 aromatic heterocycles. The van der Waals surface area contributed by atoms with Crippen LogP contribution in [0.4, 0.5) is 10.5 Å². The van der Waals surface area contributed by atoms with E-state index in [1.165, 1.54) is 4.90 Å². The Morgan fingerprint density at radius 3 is 2.78 bits per heavy atom. The molecule has 2 aromatic rings. The number of carbonyl (C=O) groups is 1. The van der Waals surface area contributed by atoms with Crippen molar-refractivity contribution in [3.8, 4) is 6.07 Å². The highest BCUT2D eigenvalue weighted by molar-refractivity contribution is 6.01. The van der Waals surface area contributed by atoms with E-state index in [1.54, 1.807) is 7.05 Å². The highest BCUT2D eigenvalue weighted by Gasteiger charge is 2.09. The summed E-state index contributed by atoms with van der Waals surface area (Å²) in [5, 5.41) is 13.4. The summed E-state index contributed by atoms with van der Waals surface area (Å²) in [4.78, 5) is 13.1. The van der Waals surface area contributed by atoms with Gasteiger partial charge < -0.3 is 10.2 Å². The van der Waals surface area contributed by atoms with Crippen molar-refractivity contribution < 1.29 is 4.79 Å². The van der Waals surface area contributed by atoms with Gasteiger partial charge >= 0.3 is 6.03 Å². The van der Waals surface area contributed by atoms with Crippen molar-refractivity contribution in [2.24, 2.45) is 0 Å². The normalized spacial score (nSPS) is 9.78. The minimum Gasteiger partial charge on any atom is -0.314 e. The van der Waals surface area contributed by atoms with Gasteiger partial charge in [0.2, 0.25) is 0 Å². The molecule has 4 nitrogen and oxygen atoms in total. The third-order valence-corrected chi connectivity index (χ3v) is 2.69. The first-order valence-electron chi connectivity index (χ1n) is 5.59. The van der Waals surface area contributed by atoms with Gasteiger partial charge in [-0.15, -0.1) is 0 Å². The molecule has 0 unspecified atom stereocenters. The number of nitrogens with zero attached hydrogens (tertiary/aromatic N) is 2. The van der Waals surface area contributed by atoms with Crippen LogP contribution in [-0.2, 0) is 0 Å². The smallest absolute Gasteiger partial charge is 0.314 e. The van der Waals surface area contributed by atoms with Crippen molar-refractivity contribution in [3.63, 3.8) is 0 Å². The van der Waals surface area contributed by atoms with Gasteiger partial charge in [-0.05, 0) is 11.5 Å². The first-order chi connectivity index (χ1) is 8.72. The number of nitriles is 1. The van der Waals surface area contributed by atoms with E-state index in [2.05, 4.69) is 5.32 Å². The van der Waals surface area contributed by atoms with Gasteiger partial charge in [0, 0.05) is 12.4 Å². The SMILES string of the molecule is CN(CC#N)C(=O)Nc1cccc2ccccc12. The van der Waals surface area contributed by atoms with Gasteiger partial charge in [-0.25, -0.2) is 4.79 Å². The summed E-state index contributed by atoms with van der Waals surface area (Å²) in [5.74, 6) is 0. The molecule has 0 saturated carbocycles. The fraction of sp³-hybridized carbons (Fsp3) is 0.143. The Morgan fingerprint density at radius 2 is 2.00 bits per heavy atom. The quantitative estimate of drug-likeness (QED) is 0.819. The summed E-state index contributed by atoms with van der Waals surface area (Å²) in [6.07, 6.45) is 0. The van der Waals surface area contributed by atoms with Crippen molar-refractivity contribution in [1.82, 2.24) is 4.90 Å². The van der Waals surface area contributed by atoms with Gasteiger partial charge in [-0.2, -0.15) is 5.26 Å². The second-order valence-corrected chi connectivity index (χ2v) is 3.97. The van der Waals surface area contributed by atoms with Gasteiger partial charge in [0.25, 0.3) is 0 Å². The second kappa shape index (κ2) is 5.19. The van der Waals surface area contributed by atoms with Gasteiger partial charge in [-0.3, -0.25) is 0 Å². The molecule has 18 heavy (non-hydrogen) atoms. The molecule has 2 aromatic carbocycles. The largest absolute Gasteiger partial charge is 0.322 e. The van der Waals surface area contributed by atoms with Gasteiger partial charge in [0.15, 0.2) is 0 Å². The lowest BCUT2D eigenvalue weighted by molar-refractivity contribution is 0.227. The highest BCUT2D eigenvalue weighted by atomic mass is 16.2. The second-order valence-electron chi connectivity index (χ2n) is 3.97. The van der Waals surface area contributed by atoms with Crippen LogP contribution in [0.3, 0.4) is 0 Å². The fourth-order valence-electron chi connectivity index (χ4n) is 1.72. The molecule has 2 amide bonds. The Hall–Kier alpha value is -2.54. The molecule has 90 valence electrons. The molecule has 0 spiro atoms. The van der Waals surface area contributed by atoms with Crippen molar-refractivity contribution in [2.45, 2.75) is 0 Å². The molecule has 0 bridgehead atoms. The zero-order valence-corrected chi connectivity index (χ0v) is 10.1. The van der Waals surface area contributed by atoms with Gasteiger partial charge in [0.1, 0.15) is 6.54 Å². The summed E-state index contributed by atoms with van der Waals surface area (Å²) in [6.45, 7) is 0.0661. The van der Waals surface area contributed by atoms with Crippen LogP contribution in [0, 0.1) is 11.3 Å². The monoisotopic (exact) mass is 239 g/mol. The van der Waals surface area contributed by atoms with Crippen molar-refractivity contribution in [1.29, 1.82) is 5.26 Å². The van der Waals surface area contributed by atoms with E-state index in [4.69, 9.17) is 5.26 Å². The van der Waals surface area contributed by atoms with E-state index in [1.807, 2.05) is 48.5 Å². The minimum absolute atomic E-state index is 0.0661. The maximum Gasteiger partial charge on any atom is 0.322 e. The Balaban J connectivity index is 2.27. The van der Waals surface area contributed by atoms with Crippen LogP contribution in [0.15, 0.2) is 42.5 Å². The molecule has 0 aliphatic rings. The Morgan fingerprint density at radius 1 is 1.28 bits per heavy atom. The van der Waals surface area contributed by atoms with Crippen LogP contribution in [0.5, 0.6) is 0 Å². The molecule has 0 heterocycles. The third-order valence-electron chi connectivity index (χ3n) is 2.69. The molecular formula is C14H13N3O. The van der Waals surface area contributed by atoms with E-state index in [-0.39, 0.29) is 12.6 Å². The van der Waals surface area contributed by atoms with Crippen LogP contribution >= 0.6 is 0 Å². The number of fused-ring (bicyclic) bond motifs is 1. The van der Waals surface area contributed by atoms with Crippen molar-refractivity contribution in [3.05, 3.63) is 42.5 Å². The first-order valence-corrected chi connectivity index (χ1v) is 5.59. The number of amides is 2. The molecule has 0 aliphatic heterocycles. The highest BCUT2D eigenvalue weighted by Crippen LogP contribution is 2.22. The van der Waals surface area contributed by atoms with Gasteiger partial charge in [-0.1, -0.05) is 36.4 Å². The Labute approximate surface area is 105 Å². The molecule has 0 aliphatic carbocycles. The average Bonchev–Trinajstić information content (AvgIpc) is 2.39. The molecule has 0 radical (unpaired) electrons. The predicted octanol–water partition coefficient (Wildman–Crippen LogP) is 2.83. The average molecular weight is 239 g/mol. The molecule has 0 saturated heterocycles. The minimum atomic E-state index is -0.284. The number of carbonyl (C=O) groups excluding carboxylic acids is 1. The van der Waals surface area contributed by atoms with E-state index < -0.39 is 0 Å². The molecule has 1 N–H and O–H groups in total. The summed E-state index contributed by atoms with van der Waals surface area (Å²) in [7, 11) is 1.59. The van der Waals surface area contributed by atoms with E-state index in [0.29, 0.717) is 0 Å². The van der Waals surface area contributed by atoms with Crippen LogP contribution < -0.4 is 5.32 Å². The molecule has 0 atom stereocenters. The summed E-state index contributed by atoms with van der Waals surface area (Å²) < 4.78 is 0. The van der Waals surface area contributed by atoms with E-state index >= 15 is 0 Å². The maximum absolute atomic E-state index is 11.8. The first kappa shape index (κ1) is 11.9. The lowest BCUT2D eigenvalue weighted by Crippen LogP contribution is -2.31. The fourth-order valence-corrected chi connectivity index (χ4v) is 1.72. The number of anilines is 1. The van der Waals surface area contributed by atoms with Crippen molar-refractivity contribution in [2.75, 3.05) is 18.9 Å². The Kier molecular flexibility index (Phi) is 3.44. The summed E-state index contributed by atoms with van der Waals surface area (Å²) in [5.41, 5.74) is 0.753. The molecule has 2 rings (SSSR count). The van der Waals surface area contributed by atoms with E-state index in [0.717, 1.165) is 16.5 Å². The predicted molar refractivity (Wildman–Crippen MR) is 71.2 cm³/mol. The molecular weight excluding hydrogens is 226 g/mol. The number of nitrogens with one attached hydrogen (secondary N) is 1. The standard InChI is InChI=1S/C14H13N3O/c1-17(10-9-15)14(18)16-13-8-4-6-11-5-2-3-7-12(11)13/h2-8H,10H2,1H3,(H,16,18). The van der Waals surface area contributed by atoms with Crippen molar-refractivity contribution >= 4 is 22.5 Å².